The molecule has 3 heterocycles. The van der Waals surface area contributed by atoms with Gasteiger partial charge < -0.3 is 4.90 Å². The number of carbonyl (C=O) groups is 1. The molecular formula is C21H22FN3O. The van der Waals surface area contributed by atoms with Crippen LogP contribution in [-0.2, 0) is 11.2 Å². The van der Waals surface area contributed by atoms with Gasteiger partial charge in [-0.3, -0.25) is 4.79 Å². The molecule has 0 N–H and O–H groups in total. The summed E-state index contributed by atoms with van der Waals surface area (Å²) in [5, 5.41) is 0. The third-order valence-corrected chi connectivity index (χ3v) is 6.25. The van der Waals surface area contributed by atoms with E-state index >= 15 is 0 Å². The van der Waals surface area contributed by atoms with E-state index in [1.165, 1.54) is 25.0 Å². The molecule has 1 aliphatic carbocycles. The zero-order chi connectivity index (χ0) is 17.7. The van der Waals surface area contributed by atoms with Crippen LogP contribution in [-0.4, -0.2) is 26.8 Å². The van der Waals surface area contributed by atoms with Crippen LogP contribution in [0.15, 0.2) is 30.5 Å². The lowest BCUT2D eigenvalue weighted by Crippen LogP contribution is -2.44. The molecule has 5 rings (SSSR count). The topological polar surface area (TPSA) is 46.1 Å². The number of amides is 1. The van der Waals surface area contributed by atoms with Crippen LogP contribution in [0.25, 0.3) is 11.4 Å². The van der Waals surface area contributed by atoms with Gasteiger partial charge in [0.05, 0.1) is 11.7 Å². The van der Waals surface area contributed by atoms with Crippen LogP contribution in [0.2, 0.25) is 0 Å². The maximum atomic E-state index is 13.2. The molecule has 4 nitrogen and oxygen atoms in total. The van der Waals surface area contributed by atoms with Gasteiger partial charge in [0.1, 0.15) is 5.82 Å². The molecule has 2 aliphatic heterocycles. The van der Waals surface area contributed by atoms with Crippen molar-refractivity contribution in [1.29, 1.82) is 0 Å². The Morgan fingerprint density at radius 1 is 1.08 bits per heavy atom. The van der Waals surface area contributed by atoms with Crippen LogP contribution in [0.1, 0.15) is 55.8 Å². The van der Waals surface area contributed by atoms with Gasteiger partial charge in [-0.25, -0.2) is 14.4 Å². The summed E-state index contributed by atoms with van der Waals surface area (Å²) < 4.78 is 13.2. The van der Waals surface area contributed by atoms with E-state index in [9.17, 15) is 9.18 Å². The van der Waals surface area contributed by atoms with Gasteiger partial charge >= 0.3 is 0 Å². The van der Waals surface area contributed by atoms with Crippen molar-refractivity contribution in [3.63, 3.8) is 0 Å². The molecule has 26 heavy (non-hydrogen) atoms. The second kappa shape index (κ2) is 6.15. The molecule has 134 valence electrons. The molecule has 2 bridgehead atoms. The van der Waals surface area contributed by atoms with Gasteiger partial charge in [-0.05, 0) is 49.9 Å². The molecule has 2 fully saturated rings. The van der Waals surface area contributed by atoms with Gasteiger partial charge in [0.2, 0.25) is 5.91 Å². The Hall–Kier alpha value is -2.30. The fourth-order valence-corrected chi connectivity index (χ4v) is 4.94. The van der Waals surface area contributed by atoms with Crippen LogP contribution < -0.4 is 0 Å². The number of fused-ring (bicyclic) bond motifs is 4. The first-order chi connectivity index (χ1) is 12.7. The highest BCUT2D eigenvalue weighted by molar-refractivity contribution is 5.80. The van der Waals surface area contributed by atoms with E-state index < -0.39 is 0 Å². The fraction of sp³-hybridized carbons (Fsp3) is 0.476. The fourth-order valence-electron chi connectivity index (χ4n) is 4.94. The van der Waals surface area contributed by atoms with Crippen LogP contribution in [0.4, 0.5) is 4.39 Å². The number of hydrogen-bond donors (Lipinski definition) is 0. The second-order valence-electron chi connectivity index (χ2n) is 7.78. The first-order valence-electron chi connectivity index (χ1n) is 9.64. The van der Waals surface area contributed by atoms with E-state index in [4.69, 9.17) is 4.98 Å². The minimum absolute atomic E-state index is 0.138. The van der Waals surface area contributed by atoms with Crippen molar-refractivity contribution in [3.05, 3.63) is 47.5 Å². The summed E-state index contributed by atoms with van der Waals surface area (Å²) in [5.74, 6) is 0.951. The van der Waals surface area contributed by atoms with Gasteiger partial charge in [-0.15, -0.1) is 0 Å². The molecule has 1 aromatic carbocycles. The summed E-state index contributed by atoms with van der Waals surface area (Å²) in [6, 6.07) is 6.71. The molecule has 2 atom stereocenters. The van der Waals surface area contributed by atoms with Crippen molar-refractivity contribution in [3.8, 4) is 11.4 Å². The molecule has 1 aromatic heterocycles. The Bertz CT molecular complexity index is 845. The molecular weight excluding hydrogens is 329 g/mol. The van der Waals surface area contributed by atoms with Crippen LogP contribution >= 0.6 is 0 Å². The standard InChI is InChI=1S/C21H22FN3O/c22-15-7-5-13(6-8-15)20-23-12-17-18(24-20)11-16-9-10-19(17)25(16)21(26)14-3-1-2-4-14/h5-8,12,14,16,19H,1-4,9-11H2. The van der Waals surface area contributed by atoms with Gasteiger partial charge in [0.15, 0.2) is 5.82 Å². The zero-order valence-corrected chi connectivity index (χ0v) is 14.7. The summed E-state index contributed by atoms with van der Waals surface area (Å²) in [6.07, 6.45) is 9.20. The predicted molar refractivity (Wildman–Crippen MR) is 95.7 cm³/mol. The van der Waals surface area contributed by atoms with E-state index in [2.05, 4.69) is 9.88 Å². The lowest BCUT2D eigenvalue weighted by molar-refractivity contribution is -0.139. The number of halogens is 1. The first kappa shape index (κ1) is 15.9. The highest BCUT2D eigenvalue weighted by atomic mass is 19.1. The van der Waals surface area contributed by atoms with Crippen molar-refractivity contribution in [2.45, 2.75) is 57.0 Å². The molecule has 0 spiro atoms. The Kier molecular flexibility index (Phi) is 3.76. The number of aromatic nitrogens is 2. The average molecular weight is 351 g/mol. The average Bonchev–Trinajstić information content (AvgIpc) is 3.29. The molecule has 5 heteroatoms. The summed E-state index contributed by atoms with van der Waals surface area (Å²) in [5.41, 5.74) is 2.99. The molecule has 2 unspecified atom stereocenters. The van der Waals surface area contributed by atoms with Crippen molar-refractivity contribution < 1.29 is 9.18 Å². The van der Waals surface area contributed by atoms with Gasteiger partial charge in [0.25, 0.3) is 0 Å². The summed E-state index contributed by atoms with van der Waals surface area (Å²) in [6.45, 7) is 0. The van der Waals surface area contributed by atoms with Crippen LogP contribution in [0.3, 0.4) is 0 Å². The number of rotatable bonds is 2. The highest BCUT2D eigenvalue weighted by Gasteiger charge is 2.45. The molecule has 1 saturated heterocycles. The second-order valence-corrected chi connectivity index (χ2v) is 7.78. The maximum absolute atomic E-state index is 13.2. The molecule has 1 saturated carbocycles. The quantitative estimate of drug-likeness (QED) is 0.820. The smallest absolute Gasteiger partial charge is 0.226 e. The van der Waals surface area contributed by atoms with E-state index in [1.807, 2.05) is 6.20 Å². The Labute approximate surface area is 152 Å². The Morgan fingerprint density at radius 3 is 2.62 bits per heavy atom. The number of benzene rings is 1. The summed E-state index contributed by atoms with van der Waals surface area (Å²) in [4.78, 5) is 24.5. The molecule has 1 amide bonds. The van der Waals surface area contributed by atoms with Gasteiger partial charge in [-0.2, -0.15) is 0 Å². The lowest BCUT2D eigenvalue weighted by atomic mass is 9.96. The predicted octanol–water partition coefficient (Wildman–Crippen LogP) is 4.06. The normalized spacial score (nSPS) is 24.7. The molecule has 3 aliphatic rings. The highest BCUT2D eigenvalue weighted by Crippen LogP contribution is 2.45. The summed E-state index contributed by atoms with van der Waals surface area (Å²) in [7, 11) is 0. The van der Waals surface area contributed by atoms with Gasteiger partial charge in [-0.1, -0.05) is 12.8 Å². The van der Waals surface area contributed by atoms with E-state index in [-0.39, 0.29) is 23.8 Å². The third-order valence-electron chi connectivity index (χ3n) is 6.25. The largest absolute Gasteiger partial charge is 0.332 e. The minimum Gasteiger partial charge on any atom is -0.332 e. The van der Waals surface area contributed by atoms with Crippen molar-refractivity contribution in [2.75, 3.05) is 0 Å². The SMILES string of the molecule is O=C(C1CCCC1)N1C2CCC1c1cnc(-c3ccc(F)cc3)nc1C2. The summed E-state index contributed by atoms with van der Waals surface area (Å²) >= 11 is 0. The van der Waals surface area contributed by atoms with Crippen molar-refractivity contribution >= 4 is 5.91 Å². The number of carbonyl (C=O) groups excluding carboxylic acids is 1. The number of nitrogens with zero attached hydrogens (tertiary/aromatic N) is 3. The van der Waals surface area contributed by atoms with Crippen molar-refractivity contribution in [1.82, 2.24) is 14.9 Å². The van der Waals surface area contributed by atoms with Crippen LogP contribution in [0.5, 0.6) is 0 Å². The lowest BCUT2D eigenvalue weighted by Gasteiger charge is -2.37. The monoisotopic (exact) mass is 351 g/mol. The van der Waals surface area contributed by atoms with Crippen LogP contribution in [0, 0.1) is 11.7 Å². The van der Waals surface area contributed by atoms with E-state index in [0.717, 1.165) is 48.9 Å². The minimum atomic E-state index is -0.258. The Morgan fingerprint density at radius 2 is 1.85 bits per heavy atom. The van der Waals surface area contributed by atoms with E-state index in [0.29, 0.717) is 11.7 Å². The third kappa shape index (κ3) is 2.52. The zero-order valence-electron chi connectivity index (χ0n) is 14.7. The van der Waals surface area contributed by atoms with E-state index in [1.54, 1.807) is 12.1 Å². The number of hydrogen-bond acceptors (Lipinski definition) is 3. The van der Waals surface area contributed by atoms with Crippen molar-refractivity contribution in [2.24, 2.45) is 5.92 Å². The van der Waals surface area contributed by atoms with Gasteiger partial charge in [0, 0.05) is 35.7 Å². The molecule has 0 radical (unpaired) electrons. The maximum Gasteiger partial charge on any atom is 0.226 e. The first-order valence-corrected chi connectivity index (χ1v) is 9.64. The molecule has 2 aromatic rings. The Balaban J connectivity index is 1.46.